The fourth-order valence-electron chi connectivity index (χ4n) is 3.43. The van der Waals surface area contributed by atoms with Crippen molar-refractivity contribution in [3.8, 4) is 5.88 Å². The van der Waals surface area contributed by atoms with Crippen molar-refractivity contribution in [2.24, 2.45) is 0 Å². The Bertz CT molecular complexity index is 862. The molecular weight excluding hydrogens is 334 g/mol. The van der Waals surface area contributed by atoms with Crippen LogP contribution < -0.4 is 4.74 Å². The number of aryl methyl sites for hydroxylation is 1. The third kappa shape index (κ3) is 3.40. The number of amides is 1. The van der Waals surface area contributed by atoms with Gasteiger partial charge in [-0.15, -0.1) is 0 Å². The molecule has 1 aliphatic rings. The van der Waals surface area contributed by atoms with Crippen LogP contribution in [0.25, 0.3) is 11.2 Å². The summed E-state index contributed by atoms with van der Waals surface area (Å²) in [4.78, 5) is 26.3. The smallest absolute Gasteiger partial charge is 0.254 e. The Balaban J connectivity index is 1.30. The van der Waals surface area contributed by atoms with Gasteiger partial charge in [0.1, 0.15) is 11.3 Å². The molecule has 4 heterocycles. The van der Waals surface area contributed by atoms with Crippen LogP contribution >= 0.6 is 0 Å². The van der Waals surface area contributed by atoms with Crippen LogP contribution in [0.4, 0.5) is 0 Å². The number of hydrogen-bond acceptors (Lipinski definition) is 6. The zero-order valence-electron chi connectivity index (χ0n) is 14.6. The Morgan fingerprint density at radius 1 is 1.31 bits per heavy atom. The number of hydrogen-bond donors (Lipinski definition) is 1. The van der Waals surface area contributed by atoms with E-state index in [9.17, 15) is 4.79 Å². The third-order valence-electron chi connectivity index (χ3n) is 4.90. The quantitative estimate of drug-likeness (QED) is 0.754. The number of methoxy groups -OCH3 is 1. The number of carbonyl (C=O) groups is 1. The molecule has 1 amide bonds. The molecule has 0 aromatic carbocycles. The summed E-state index contributed by atoms with van der Waals surface area (Å²) in [5.74, 6) is 1.67. The maximum atomic E-state index is 12.4. The molecule has 1 saturated heterocycles. The lowest BCUT2D eigenvalue weighted by Crippen LogP contribution is -2.38. The molecule has 1 aliphatic heterocycles. The van der Waals surface area contributed by atoms with E-state index >= 15 is 0 Å². The van der Waals surface area contributed by atoms with E-state index in [1.807, 2.05) is 4.90 Å². The average Bonchev–Trinajstić information content (AvgIpc) is 3.32. The number of aromatic amines is 1. The molecule has 8 heteroatoms. The van der Waals surface area contributed by atoms with E-state index in [1.54, 1.807) is 18.5 Å². The van der Waals surface area contributed by atoms with E-state index in [1.165, 1.54) is 7.11 Å². The van der Waals surface area contributed by atoms with E-state index in [4.69, 9.17) is 9.26 Å². The summed E-state index contributed by atoms with van der Waals surface area (Å²) < 4.78 is 10.1. The van der Waals surface area contributed by atoms with Gasteiger partial charge in [0.2, 0.25) is 5.91 Å². The number of aromatic nitrogens is 4. The lowest BCUT2D eigenvalue weighted by Gasteiger charge is -2.31. The van der Waals surface area contributed by atoms with E-state index in [2.05, 4.69) is 26.2 Å². The zero-order valence-corrected chi connectivity index (χ0v) is 14.6. The topological polar surface area (TPSA) is 97.1 Å². The van der Waals surface area contributed by atoms with Crippen molar-refractivity contribution in [3.63, 3.8) is 0 Å². The van der Waals surface area contributed by atoms with Crippen LogP contribution in [-0.4, -0.2) is 51.1 Å². The number of likely N-dealkylation sites (tertiary alicyclic amines) is 1. The molecule has 0 atom stereocenters. The van der Waals surface area contributed by atoms with Crippen LogP contribution in [0.3, 0.4) is 0 Å². The third-order valence-corrected chi connectivity index (χ3v) is 4.90. The number of ether oxygens (including phenoxy) is 1. The van der Waals surface area contributed by atoms with Gasteiger partial charge in [-0.2, -0.15) is 0 Å². The van der Waals surface area contributed by atoms with Crippen molar-refractivity contribution in [1.82, 2.24) is 25.0 Å². The van der Waals surface area contributed by atoms with Gasteiger partial charge in [-0.05, 0) is 24.1 Å². The van der Waals surface area contributed by atoms with Crippen molar-refractivity contribution in [1.29, 1.82) is 0 Å². The predicted molar refractivity (Wildman–Crippen MR) is 93.8 cm³/mol. The highest BCUT2D eigenvalue weighted by Gasteiger charge is 2.25. The summed E-state index contributed by atoms with van der Waals surface area (Å²) in [6, 6.07) is 3.79. The molecule has 0 aliphatic carbocycles. The second-order valence-corrected chi connectivity index (χ2v) is 6.51. The van der Waals surface area contributed by atoms with Gasteiger partial charge in [-0.3, -0.25) is 9.78 Å². The number of H-pyrrole nitrogens is 1. The predicted octanol–water partition coefficient (Wildman–Crippen LogP) is 2.29. The minimum Gasteiger partial charge on any atom is -0.479 e. The van der Waals surface area contributed by atoms with Crippen molar-refractivity contribution < 1.29 is 14.1 Å². The molecule has 136 valence electrons. The van der Waals surface area contributed by atoms with Crippen LogP contribution in [0.15, 0.2) is 29.0 Å². The molecular formula is C18H21N5O3. The van der Waals surface area contributed by atoms with Crippen LogP contribution in [0.5, 0.6) is 5.88 Å². The highest BCUT2D eigenvalue weighted by molar-refractivity contribution is 5.76. The second-order valence-electron chi connectivity index (χ2n) is 6.51. The van der Waals surface area contributed by atoms with Crippen molar-refractivity contribution in [2.45, 2.75) is 31.6 Å². The lowest BCUT2D eigenvalue weighted by molar-refractivity contribution is -0.132. The summed E-state index contributed by atoms with van der Waals surface area (Å²) in [6.45, 7) is 1.53. The van der Waals surface area contributed by atoms with Crippen LogP contribution in [0.1, 0.15) is 36.6 Å². The first-order valence-electron chi connectivity index (χ1n) is 8.80. The summed E-state index contributed by atoms with van der Waals surface area (Å²) in [5, 5.41) is 3.75. The molecule has 26 heavy (non-hydrogen) atoms. The molecule has 1 N–H and O–H groups in total. The Morgan fingerprint density at radius 3 is 2.85 bits per heavy atom. The first kappa shape index (κ1) is 16.6. The van der Waals surface area contributed by atoms with Gasteiger partial charge < -0.3 is 19.1 Å². The molecule has 0 radical (unpaired) electrons. The summed E-state index contributed by atoms with van der Waals surface area (Å²) in [6.07, 6.45) is 6.22. The molecule has 0 spiro atoms. The van der Waals surface area contributed by atoms with Crippen LogP contribution in [0, 0.1) is 0 Å². The molecule has 0 bridgehead atoms. The Kier molecular flexibility index (Phi) is 4.55. The molecule has 0 unspecified atom stereocenters. The molecule has 1 fully saturated rings. The minimum atomic E-state index is 0.152. The molecule has 8 nitrogen and oxygen atoms in total. The SMILES string of the molecule is COc1cc(CCC(=O)N2CCC(c3cc4nccnc4[nH]3)CC2)on1. The summed E-state index contributed by atoms with van der Waals surface area (Å²) >= 11 is 0. The van der Waals surface area contributed by atoms with Gasteiger partial charge in [-0.1, -0.05) is 0 Å². The van der Waals surface area contributed by atoms with Crippen molar-refractivity contribution >= 4 is 17.1 Å². The summed E-state index contributed by atoms with van der Waals surface area (Å²) in [5.41, 5.74) is 2.87. The first-order valence-corrected chi connectivity index (χ1v) is 8.80. The fraction of sp³-hybridized carbons (Fsp3) is 0.444. The minimum absolute atomic E-state index is 0.152. The highest BCUT2D eigenvalue weighted by Crippen LogP contribution is 2.29. The van der Waals surface area contributed by atoms with Gasteiger partial charge in [-0.25, -0.2) is 4.98 Å². The highest BCUT2D eigenvalue weighted by atomic mass is 16.5. The molecule has 4 rings (SSSR count). The maximum absolute atomic E-state index is 12.4. The lowest BCUT2D eigenvalue weighted by atomic mass is 9.93. The normalized spacial score (nSPS) is 15.5. The largest absolute Gasteiger partial charge is 0.479 e. The van der Waals surface area contributed by atoms with E-state index in [0.717, 1.165) is 42.8 Å². The van der Waals surface area contributed by atoms with Crippen molar-refractivity contribution in [2.75, 3.05) is 20.2 Å². The van der Waals surface area contributed by atoms with Gasteiger partial charge in [0.15, 0.2) is 5.65 Å². The van der Waals surface area contributed by atoms with E-state index in [0.29, 0.717) is 30.4 Å². The van der Waals surface area contributed by atoms with Crippen molar-refractivity contribution in [3.05, 3.63) is 36.0 Å². The van der Waals surface area contributed by atoms with Crippen LogP contribution in [0.2, 0.25) is 0 Å². The molecule has 3 aromatic heterocycles. The van der Waals surface area contributed by atoms with Gasteiger partial charge in [0, 0.05) is 56.0 Å². The monoisotopic (exact) mass is 355 g/mol. The van der Waals surface area contributed by atoms with E-state index < -0.39 is 0 Å². The Labute approximate surface area is 150 Å². The average molecular weight is 355 g/mol. The fourth-order valence-corrected chi connectivity index (χ4v) is 3.43. The standard InChI is InChI=1S/C18H21N5O3/c1-25-16-10-13(26-22-16)2-3-17(24)23-8-4-12(5-9-23)14-11-15-18(21-14)20-7-6-19-15/h6-7,10-12H,2-5,8-9H2,1H3,(H,20,21). The number of nitrogens with zero attached hydrogens (tertiary/aromatic N) is 4. The number of rotatable bonds is 5. The Morgan fingerprint density at radius 2 is 2.12 bits per heavy atom. The second kappa shape index (κ2) is 7.15. The number of fused-ring (bicyclic) bond motifs is 1. The van der Waals surface area contributed by atoms with Gasteiger partial charge in [0.05, 0.1) is 7.11 Å². The van der Waals surface area contributed by atoms with Gasteiger partial charge in [0.25, 0.3) is 5.88 Å². The maximum Gasteiger partial charge on any atom is 0.254 e. The molecule has 3 aromatic rings. The zero-order chi connectivity index (χ0) is 17.9. The van der Waals surface area contributed by atoms with E-state index in [-0.39, 0.29) is 5.91 Å². The summed E-state index contributed by atoms with van der Waals surface area (Å²) in [7, 11) is 1.54. The number of nitrogens with one attached hydrogen (secondary N) is 1. The first-order chi connectivity index (χ1) is 12.7. The Hall–Kier alpha value is -2.90. The number of piperidine rings is 1. The number of carbonyl (C=O) groups excluding carboxylic acids is 1. The van der Waals surface area contributed by atoms with Crippen LogP contribution in [-0.2, 0) is 11.2 Å². The molecule has 0 saturated carbocycles. The van der Waals surface area contributed by atoms with Gasteiger partial charge >= 0.3 is 0 Å².